The van der Waals surface area contributed by atoms with Gasteiger partial charge in [-0.15, -0.1) is 0 Å². The summed E-state index contributed by atoms with van der Waals surface area (Å²) in [5.74, 6) is -2.11. The summed E-state index contributed by atoms with van der Waals surface area (Å²) in [7, 11) is -9.91. The number of phosphoric acid groups is 2. The number of carbonyl (C=O) groups is 4. The molecule has 2 unspecified atom stereocenters. The molecule has 3 N–H and O–H groups in total. The number of unbranched alkanes of at least 4 members (excludes halogenated alkanes) is 55. The topological polar surface area (TPSA) is 237 Å². The second kappa shape index (κ2) is 74.3. The highest BCUT2D eigenvalue weighted by molar-refractivity contribution is 7.47. The summed E-state index contributed by atoms with van der Waals surface area (Å²) < 4.78 is 68.5. The number of carbonyl (C=O) groups excluding carboxylic acids is 4. The first-order valence-electron chi connectivity index (χ1n) is 41.8. The van der Waals surface area contributed by atoms with E-state index < -0.39 is 97.5 Å². The van der Waals surface area contributed by atoms with E-state index in [4.69, 9.17) is 37.0 Å². The SMILES string of the molecule is CCCCCCCCCCCCCCCCCCCCCCCC(=O)O[C@H](COC(=O)CCCCCCCCCCCCCCCCCCCCCC)COP(=O)(O)OC[C@@H](O)COP(=O)(O)OC[C@@H](COC(=O)CCCCCCCCCCC)OC(=O)CCCCCCCCCCC. The van der Waals surface area contributed by atoms with Gasteiger partial charge in [-0.1, -0.05) is 381 Å². The Kier molecular flexibility index (Phi) is 72.9. The minimum absolute atomic E-state index is 0.106. The van der Waals surface area contributed by atoms with Crippen LogP contribution >= 0.6 is 15.6 Å². The maximum Gasteiger partial charge on any atom is 0.472 e. The third-order valence-electron chi connectivity index (χ3n) is 18.9. The number of rotatable bonds is 81. The van der Waals surface area contributed by atoms with E-state index >= 15 is 0 Å². The van der Waals surface area contributed by atoms with Crippen molar-refractivity contribution in [1.29, 1.82) is 0 Å². The van der Waals surface area contributed by atoms with E-state index in [1.165, 1.54) is 263 Å². The van der Waals surface area contributed by atoms with Gasteiger partial charge in [-0.2, -0.15) is 0 Å². The zero-order chi connectivity index (χ0) is 72.5. The zero-order valence-electron chi connectivity index (χ0n) is 64.5. The van der Waals surface area contributed by atoms with Crippen LogP contribution in [0.25, 0.3) is 0 Å². The monoisotopic (exact) mass is 1450 g/mol. The van der Waals surface area contributed by atoms with Crippen LogP contribution < -0.4 is 0 Å². The number of aliphatic hydroxyl groups is 1. The van der Waals surface area contributed by atoms with Crippen molar-refractivity contribution in [3.8, 4) is 0 Å². The molecule has 0 heterocycles. The summed E-state index contributed by atoms with van der Waals surface area (Å²) in [6.45, 7) is 4.97. The second-order valence-corrected chi connectivity index (χ2v) is 31.7. The van der Waals surface area contributed by atoms with Crippen molar-refractivity contribution in [1.82, 2.24) is 0 Å². The van der Waals surface area contributed by atoms with Crippen molar-refractivity contribution in [2.75, 3.05) is 39.6 Å². The Hall–Kier alpha value is -1.94. The van der Waals surface area contributed by atoms with Gasteiger partial charge in [0.05, 0.1) is 26.4 Å². The molecule has 0 bridgehead atoms. The van der Waals surface area contributed by atoms with E-state index in [1.807, 2.05) is 0 Å². The molecule has 0 aliphatic rings. The molecule has 0 aromatic heterocycles. The molecule has 0 aliphatic carbocycles. The maximum atomic E-state index is 13.1. The molecule has 5 atom stereocenters. The molecule has 0 radical (unpaired) electrons. The Labute approximate surface area is 607 Å². The fourth-order valence-corrected chi connectivity index (χ4v) is 14.0. The maximum absolute atomic E-state index is 13.1. The highest BCUT2D eigenvalue weighted by Crippen LogP contribution is 2.45. The first-order valence-corrected chi connectivity index (χ1v) is 44.8. The summed E-state index contributed by atoms with van der Waals surface area (Å²) >= 11 is 0. The Bertz CT molecular complexity index is 1880. The molecule has 0 spiro atoms. The van der Waals surface area contributed by atoms with Crippen molar-refractivity contribution in [3.63, 3.8) is 0 Å². The van der Waals surface area contributed by atoms with Gasteiger partial charge >= 0.3 is 39.5 Å². The van der Waals surface area contributed by atoms with Crippen molar-refractivity contribution in [2.45, 2.75) is 451 Å². The van der Waals surface area contributed by atoms with Gasteiger partial charge in [-0.05, 0) is 25.7 Å². The van der Waals surface area contributed by atoms with Crippen LogP contribution in [-0.2, 0) is 65.4 Å². The van der Waals surface area contributed by atoms with Gasteiger partial charge in [-0.3, -0.25) is 37.3 Å². The molecule has 17 nitrogen and oxygen atoms in total. The first-order chi connectivity index (χ1) is 48.2. The minimum Gasteiger partial charge on any atom is -0.462 e. The van der Waals surface area contributed by atoms with Crippen LogP contribution in [0.15, 0.2) is 0 Å². The molecule has 0 rings (SSSR count). The lowest BCUT2D eigenvalue weighted by Gasteiger charge is -2.21. The van der Waals surface area contributed by atoms with Crippen molar-refractivity contribution >= 4 is 39.5 Å². The molecule has 0 saturated heterocycles. The zero-order valence-corrected chi connectivity index (χ0v) is 66.3. The number of phosphoric ester groups is 2. The van der Waals surface area contributed by atoms with Crippen LogP contribution in [0.4, 0.5) is 0 Å². The van der Waals surface area contributed by atoms with Crippen LogP contribution in [-0.4, -0.2) is 96.7 Å². The summed E-state index contributed by atoms with van der Waals surface area (Å²) in [6.07, 6.45) is 66.9. The lowest BCUT2D eigenvalue weighted by Crippen LogP contribution is -2.30. The van der Waals surface area contributed by atoms with Crippen LogP contribution in [0.1, 0.15) is 432 Å². The summed E-state index contributed by atoms with van der Waals surface area (Å²) in [5.41, 5.74) is 0. The normalized spacial score (nSPS) is 13.8. The van der Waals surface area contributed by atoms with E-state index in [-0.39, 0.29) is 25.7 Å². The summed E-state index contributed by atoms with van der Waals surface area (Å²) in [6, 6.07) is 0. The van der Waals surface area contributed by atoms with E-state index in [9.17, 15) is 43.2 Å². The van der Waals surface area contributed by atoms with Crippen LogP contribution in [0.3, 0.4) is 0 Å². The minimum atomic E-state index is -4.96. The quantitative estimate of drug-likeness (QED) is 0.0222. The molecule has 0 aromatic carbocycles. The predicted molar refractivity (Wildman–Crippen MR) is 405 cm³/mol. The van der Waals surface area contributed by atoms with Crippen molar-refractivity contribution in [2.24, 2.45) is 0 Å². The third kappa shape index (κ3) is 74.1. The largest absolute Gasteiger partial charge is 0.472 e. The standard InChI is InChI=1S/C80H156O17P2/c1-5-9-13-17-21-25-27-29-31-33-35-37-39-41-43-45-47-51-55-59-63-67-80(85)97-76(71-91-78(83)65-61-57-53-50-46-44-42-40-38-36-34-32-30-28-26-22-18-14-10-6-2)73-95-99(88,89)93-69-74(81)68-92-98(86,87)94-72-75(96-79(84)66-62-58-54-49-24-20-16-12-8-4)70-90-77(82)64-60-56-52-48-23-19-15-11-7-3/h74-76,81H,5-73H2,1-4H3,(H,86,87)(H,88,89)/t74-,75+,76+/m0/s1. The Morgan fingerprint density at radius 2 is 0.404 bits per heavy atom. The molecular weight excluding hydrogens is 1290 g/mol. The number of hydrogen-bond donors (Lipinski definition) is 3. The van der Waals surface area contributed by atoms with Gasteiger partial charge in [0, 0.05) is 25.7 Å². The highest BCUT2D eigenvalue weighted by atomic mass is 31.2. The lowest BCUT2D eigenvalue weighted by molar-refractivity contribution is -0.161. The smallest absolute Gasteiger partial charge is 0.462 e. The molecule has 0 saturated carbocycles. The number of esters is 4. The van der Waals surface area contributed by atoms with Crippen molar-refractivity contribution in [3.05, 3.63) is 0 Å². The van der Waals surface area contributed by atoms with Crippen LogP contribution in [0, 0.1) is 0 Å². The fraction of sp³-hybridized carbons (Fsp3) is 0.950. The van der Waals surface area contributed by atoms with E-state index in [0.717, 1.165) is 89.9 Å². The number of aliphatic hydroxyl groups excluding tert-OH is 1. The molecule has 0 amide bonds. The summed E-state index contributed by atoms with van der Waals surface area (Å²) in [4.78, 5) is 72.8. The van der Waals surface area contributed by atoms with Crippen LogP contribution in [0.2, 0.25) is 0 Å². The van der Waals surface area contributed by atoms with E-state index in [0.29, 0.717) is 25.7 Å². The number of ether oxygens (including phenoxy) is 4. The third-order valence-corrected chi connectivity index (χ3v) is 20.8. The molecular formula is C80H156O17P2. The van der Waals surface area contributed by atoms with E-state index in [1.54, 1.807) is 0 Å². The molecule has 588 valence electrons. The fourth-order valence-electron chi connectivity index (χ4n) is 12.5. The lowest BCUT2D eigenvalue weighted by atomic mass is 10.0. The summed E-state index contributed by atoms with van der Waals surface area (Å²) in [5, 5.41) is 10.6. The second-order valence-electron chi connectivity index (χ2n) is 28.8. The van der Waals surface area contributed by atoms with E-state index in [2.05, 4.69) is 27.7 Å². The van der Waals surface area contributed by atoms with Gasteiger partial charge in [0.2, 0.25) is 0 Å². The van der Waals surface area contributed by atoms with Gasteiger partial charge in [0.25, 0.3) is 0 Å². The molecule has 99 heavy (non-hydrogen) atoms. The van der Waals surface area contributed by atoms with Crippen molar-refractivity contribution < 1.29 is 80.2 Å². The average Bonchev–Trinajstić information content (AvgIpc) is 1.00. The molecule has 0 aliphatic heterocycles. The van der Waals surface area contributed by atoms with Gasteiger partial charge in [0.15, 0.2) is 12.2 Å². The number of hydrogen-bond acceptors (Lipinski definition) is 15. The predicted octanol–water partition coefficient (Wildman–Crippen LogP) is 24.2. The van der Waals surface area contributed by atoms with Gasteiger partial charge in [0.1, 0.15) is 19.3 Å². The van der Waals surface area contributed by atoms with Gasteiger partial charge < -0.3 is 33.8 Å². The molecule has 19 heteroatoms. The molecule has 0 fully saturated rings. The Morgan fingerprint density at radius 3 is 0.596 bits per heavy atom. The average molecular weight is 1450 g/mol. The Balaban J connectivity index is 5.15. The highest BCUT2D eigenvalue weighted by Gasteiger charge is 2.30. The molecule has 0 aromatic rings. The van der Waals surface area contributed by atoms with Crippen LogP contribution in [0.5, 0.6) is 0 Å². The first kappa shape index (κ1) is 97.1. The van der Waals surface area contributed by atoms with Gasteiger partial charge in [-0.25, -0.2) is 9.13 Å². The Morgan fingerprint density at radius 1 is 0.242 bits per heavy atom.